The predicted octanol–water partition coefficient (Wildman–Crippen LogP) is 2.53. The minimum absolute atomic E-state index is 0.362. The fraction of sp³-hybridized carbons (Fsp3) is 0.0769. The maximum absolute atomic E-state index is 8.85. The summed E-state index contributed by atoms with van der Waals surface area (Å²) in [5.41, 5.74) is 1.22. The van der Waals surface area contributed by atoms with Crippen LogP contribution in [-0.4, -0.2) is 4.98 Å². The standard InChI is InChI=1S/C13H10N2O/c14-9-13-11(5-4-8-15-13)10-16-12-6-2-1-3-7-12/h1-8H,10H2. The van der Waals surface area contributed by atoms with E-state index in [1.54, 1.807) is 12.3 Å². The molecule has 2 aromatic rings. The van der Waals surface area contributed by atoms with E-state index < -0.39 is 0 Å². The van der Waals surface area contributed by atoms with E-state index in [0.29, 0.717) is 12.3 Å². The van der Waals surface area contributed by atoms with Crippen LogP contribution in [0.3, 0.4) is 0 Å². The van der Waals surface area contributed by atoms with Gasteiger partial charge in [-0.2, -0.15) is 5.26 Å². The van der Waals surface area contributed by atoms with E-state index in [-0.39, 0.29) is 0 Å². The number of rotatable bonds is 3. The Morgan fingerprint density at radius 3 is 2.69 bits per heavy atom. The van der Waals surface area contributed by atoms with E-state index in [0.717, 1.165) is 11.3 Å². The van der Waals surface area contributed by atoms with Crippen LogP contribution in [0.5, 0.6) is 5.75 Å². The van der Waals surface area contributed by atoms with E-state index in [9.17, 15) is 0 Å². The highest BCUT2D eigenvalue weighted by atomic mass is 16.5. The van der Waals surface area contributed by atoms with E-state index >= 15 is 0 Å². The summed E-state index contributed by atoms with van der Waals surface area (Å²) in [5.74, 6) is 0.787. The largest absolute Gasteiger partial charge is 0.489 e. The molecule has 0 bridgehead atoms. The van der Waals surface area contributed by atoms with Crippen LogP contribution in [0.4, 0.5) is 0 Å². The van der Waals surface area contributed by atoms with Crippen LogP contribution in [0.25, 0.3) is 0 Å². The number of nitriles is 1. The van der Waals surface area contributed by atoms with Crippen LogP contribution in [0.2, 0.25) is 0 Å². The average molecular weight is 210 g/mol. The number of para-hydroxylation sites is 1. The third-order valence-electron chi connectivity index (χ3n) is 2.13. The second kappa shape index (κ2) is 4.94. The predicted molar refractivity (Wildman–Crippen MR) is 59.7 cm³/mol. The Labute approximate surface area is 93.9 Å². The van der Waals surface area contributed by atoms with Crippen molar-refractivity contribution in [3.63, 3.8) is 0 Å². The van der Waals surface area contributed by atoms with Crippen molar-refractivity contribution in [2.24, 2.45) is 0 Å². The number of aromatic nitrogens is 1. The summed E-state index contributed by atoms with van der Waals surface area (Å²) < 4.78 is 5.54. The van der Waals surface area contributed by atoms with Crippen LogP contribution in [0, 0.1) is 11.3 Å². The first-order chi connectivity index (χ1) is 7.90. The topological polar surface area (TPSA) is 45.9 Å². The van der Waals surface area contributed by atoms with Gasteiger partial charge in [-0.15, -0.1) is 0 Å². The summed E-state index contributed by atoms with van der Waals surface area (Å²) in [7, 11) is 0. The first kappa shape index (κ1) is 10.2. The van der Waals surface area contributed by atoms with Gasteiger partial charge in [0.1, 0.15) is 24.1 Å². The van der Waals surface area contributed by atoms with E-state index in [2.05, 4.69) is 4.98 Å². The van der Waals surface area contributed by atoms with Gasteiger partial charge in [0.05, 0.1) is 0 Å². The van der Waals surface area contributed by atoms with Gasteiger partial charge in [0.15, 0.2) is 0 Å². The minimum atomic E-state index is 0.362. The fourth-order valence-corrected chi connectivity index (χ4v) is 1.33. The van der Waals surface area contributed by atoms with Crippen molar-refractivity contribution < 1.29 is 4.74 Å². The van der Waals surface area contributed by atoms with Gasteiger partial charge in [-0.05, 0) is 18.2 Å². The molecule has 0 fully saturated rings. The Morgan fingerprint density at radius 1 is 1.12 bits per heavy atom. The molecule has 0 saturated carbocycles. The Bertz CT molecular complexity index is 503. The second-order valence-electron chi connectivity index (χ2n) is 3.22. The van der Waals surface area contributed by atoms with Crippen LogP contribution in [0.1, 0.15) is 11.3 Å². The number of nitrogens with zero attached hydrogens (tertiary/aromatic N) is 2. The van der Waals surface area contributed by atoms with Gasteiger partial charge in [0.2, 0.25) is 0 Å². The molecule has 0 atom stereocenters. The summed E-state index contributed by atoms with van der Waals surface area (Å²) >= 11 is 0. The van der Waals surface area contributed by atoms with Gasteiger partial charge in [0, 0.05) is 11.8 Å². The molecule has 1 aromatic heterocycles. The van der Waals surface area contributed by atoms with Crippen molar-refractivity contribution in [2.75, 3.05) is 0 Å². The monoisotopic (exact) mass is 210 g/mol. The lowest BCUT2D eigenvalue weighted by molar-refractivity contribution is 0.305. The number of benzene rings is 1. The molecule has 2 rings (SSSR count). The molecule has 78 valence electrons. The summed E-state index contributed by atoms with van der Waals surface area (Å²) in [5, 5.41) is 8.85. The van der Waals surface area contributed by atoms with Crippen molar-refractivity contribution in [1.29, 1.82) is 5.26 Å². The lowest BCUT2D eigenvalue weighted by Gasteiger charge is -2.06. The van der Waals surface area contributed by atoms with E-state index in [1.165, 1.54) is 0 Å². The molecule has 0 aliphatic rings. The smallest absolute Gasteiger partial charge is 0.147 e. The average Bonchev–Trinajstić information content (AvgIpc) is 2.38. The highest BCUT2D eigenvalue weighted by molar-refractivity contribution is 5.30. The lowest BCUT2D eigenvalue weighted by atomic mass is 10.2. The normalized spacial score (nSPS) is 9.44. The molecule has 0 unspecified atom stereocenters. The van der Waals surface area contributed by atoms with Gasteiger partial charge >= 0.3 is 0 Å². The van der Waals surface area contributed by atoms with Crippen molar-refractivity contribution in [1.82, 2.24) is 4.98 Å². The number of hydrogen-bond donors (Lipinski definition) is 0. The van der Waals surface area contributed by atoms with E-state index in [4.69, 9.17) is 10.00 Å². The third kappa shape index (κ3) is 2.37. The quantitative estimate of drug-likeness (QED) is 0.782. The Morgan fingerprint density at radius 2 is 1.94 bits per heavy atom. The maximum Gasteiger partial charge on any atom is 0.147 e. The molecular formula is C13H10N2O. The van der Waals surface area contributed by atoms with Gasteiger partial charge in [-0.25, -0.2) is 4.98 Å². The van der Waals surface area contributed by atoms with Crippen molar-refractivity contribution in [3.8, 4) is 11.8 Å². The second-order valence-corrected chi connectivity index (χ2v) is 3.22. The Balaban J connectivity index is 2.09. The van der Waals surface area contributed by atoms with Crippen molar-refractivity contribution in [2.45, 2.75) is 6.61 Å². The number of hydrogen-bond acceptors (Lipinski definition) is 3. The molecule has 3 heteroatoms. The molecule has 3 nitrogen and oxygen atoms in total. The summed E-state index contributed by atoms with van der Waals surface area (Å²) in [6.45, 7) is 0.362. The minimum Gasteiger partial charge on any atom is -0.489 e. The molecule has 0 spiro atoms. The molecule has 0 radical (unpaired) electrons. The molecule has 0 amide bonds. The van der Waals surface area contributed by atoms with Crippen LogP contribution < -0.4 is 4.74 Å². The van der Waals surface area contributed by atoms with Gasteiger partial charge < -0.3 is 4.74 Å². The summed E-state index contributed by atoms with van der Waals surface area (Å²) in [6.07, 6.45) is 1.60. The van der Waals surface area contributed by atoms with Gasteiger partial charge in [0.25, 0.3) is 0 Å². The SMILES string of the molecule is N#Cc1ncccc1COc1ccccc1. The third-order valence-corrected chi connectivity index (χ3v) is 2.13. The first-order valence-corrected chi connectivity index (χ1v) is 4.92. The van der Waals surface area contributed by atoms with Crippen molar-refractivity contribution in [3.05, 3.63) is 59.9 Å². The Kier molecular flexibility index (Phi) is 3.15. The van der Waals surface area contributed by atoms with Gasteiger partial charge in [-0.3, -0.25) is 0 Å². The highest BCUT2D eigenvalue weighted by Gasteiger charge is 2.02. The summed E-state index contributed by atoms with van der Waals surface area (Å²) in [4.78, 5) is 3.97. The molecule has 1 heterocycles. The number of ether oxygens (including phenoxy) is 1. The van der Waals surface area contributed by atoms with E-state index in [1.807, 2.05) is 42.5 Å². The summed E-state index contributed by atoms with van der Waals surface area (Å²) in [6, 6.07) is 15.2. The first-order valence-electron chi connectivity index (χ1n) is 4.92. The Hall–Kier alpha value is -2.34. The van der Waals surface area contributed by atoms with Gasteiger partial charge in [-0.1, -0.05) is 24.3 Å². The van der Waals surface area contributed by atoms with Crippen LogP contribution in [0.15, 0.2) is 48.7 Å². The zero-order valence-corrected chi connectivity index (χ0v) is 8.63. The maximum atomic E-state index is 8.85. The lowest BCUT2D eigenvalue weighted by Crippen LogP contribution is -1.99. The molecular weight excluding hydrogens is 200 g/mol. The molecule has 16 heavy (non-hydrogen) atoms. The number of pyridine rings is 1. The molecule has 0 N–H and O–H groups in total. The molecule has 0 aliphatic carbocycles. The molecule has 1 aromatic carbocycles. The molecule has 0 saturated heterocycles. The highest BCUT2D eigenvalue weighted by Crippen LogP contribution is 2.12. The molecule has 0 aliphatic heterocycles. The zero-order chi connectivity index (χ0) is 11.2. The van der Waals surface area contributed by atoms with Crippen LogP contribution in [-0.2, 0) is 6.61 Å². The zero-order valence-electron chi connectivity index (χ0n) is 8.63. The fourth-order valence-electron chi connectivity index (χ4n) is 1.33. The van der Waals surface area contributed by atoms with Crippen LogP contribution >= 0.6 is 0 Å². The van der Waals surface area contributed by atoms with Crippen molar-refractivity contribution >= 4 is 0 Å².